The molecule has 0 amide bonds. The van der Waals surface area contributed by atoms with E-state index in [2.05, 4.69) is 254 Å². The number of ketones is 5. The quantitative estimate of drug-likeness (QED) is 0.0539. The van der Waals surface area contributed by atoms with Crippen molar-refractivity contribution in [3.05, 3.63) is 165 Å². The summed E-state index contributed by atoms with van der Waals surface area (Å²) in [7, 11) is 1.68. The van der Waals surface area contributed by atoms with Crippen molar-refractivity contribution in [2.24, 2.45) is 118 Å². The zero-order valence-corrected chi connectivity index (χ0v) is 77.0. The number of benzene rings is 5. The molecule has 6 fully saturated rings. The molecule has 5 aromatic carbocycles. The van der Waals surface area contributed by atoms with Gasteiger partial charge in [0.2, 0.25) is 0 Å². The average Bonchev–Trinajstić information content (AvgIpc) is 0.849. The van der Waals surface area contributed by atoms with Crippen molar-refractivity contribution in [2.75, 3.05) is 38.3 Å². The van der Waals surface area contributed by atoms with Gasteiger partial charge in [0.05, 0.1) is 20.3 Å². The molecule has 0 radical (unpaired) electrons. The van der Waals surface area contributed by atoms with Crippen LogP contribution in [0.4, 0.5) is 5.69 Å². The summed E-state index contributed by atoms with van der Waals surface area (Å²) >= 11 is 0. The fourth-order valence-electron chi connectivity index (χ4n) is 20.6. The van der Waals surface area contributed by atoms with Gasteiger partial charge in [0.15, 0.2) is 0 Å². The summed E-state index contributed by atoms with van der Waals surface area (Å²) in [6, 6.07) is 40.7. The Kier molecular flexibility index (Phi) is 39.4. The molecule has 0 aromatic heterocycles. The number of Topliss-reactive ketones (excluding diaryl/α,β-unsaturated/α-hetero) is 5. The molecular weight excluding hydrogens is 1410 g/mol. The summed E-state index contributed by atoms with van der Waals surface area (Å²) in [4.78, 5) is 66.9. The highest BCUT2D eigenvalue weighted by molar-refractivity contribution is 5.86. The fraction of sp³-hybridized carbons (Fsp3) is 0.673. The van der Waals surface area contributed by atoms with E-state index in [-0.39, 0.29) is 35.0 Å². The molecule has 6 aliphatic rings. The number of anilines is 1. The van der Waals surface area contributed by atoms with E-state index < -0.39 is 0 Å². The molecule has 1 saturated heterocycles. The highest BCUT2D eigenvalue weighted by Crippen LogP contribution is 2.45. The summed E-state index contributed by atoms with van der Waals surface area (Å²) < 4.78 is 10.7. The molecule has 0 N–H and O–H groups in total. The van der Waals surface area contributed by atoms with Crippen LogP contribution in [0, 0.1) is 125 Å². The number of morpholine rings is 1. The number of aryl methyl sites for hydroxylation is 2. The van der Waals surface area contributed by atoms with E-state index in [1.807, 2.05) is 18.2 Å². The van der Waals surface area contributed by atoms with Crippen molar-refractivity contribution in [1.29, 1.82) is 0 Å². The Balaban J connectivity index is 0.000000199. The van der Waals surface area contributed by atoms with Gasteiger partial charge in [-0.05, 0) is 258 Å². The predicted molar refractivity (Wildman–Crippen MR) is 486 cm³/mol. The number of carbonyl (C=O) groups excluding carboxylic acids is 5. The Morgan fingerprint density at radius 3 is 1.01 bits per heavy atom. The van der Waals surface area contributed by atoms with E-state index >= 15 is 0 Å². The molecule has 1 heterocycles. The Hall–Kier alpha value is -5.99. The van der Waals surface area contributed by atoms with E-state index in [0.29, 0.717) is 156 Å². The average molecular weight is 1580 g/mol. The second-order valence-electron chi connectivity index (χ2n) is 40.5. The van der Waals surface area contributed by atoms with Crippen LogP contribution in [-0.2, 0) is 72.6 Å². The Morgan fingerprint density at radius 1 is 0.409 bits per heavy atom. The van der Waals surface area contributed by atoms with E-state index in [1.165, 1.54) is 110 Å². The summed E-state index contributed by atoms with van der Waals surface area (Å²) in [6.45, 7) is 53.2. The van der Waals surface area contributed by atoms with Gasteiger partial charge in [-0.1, -0.05) is 275 Å². The number of nitrogens with zero attached hydrogens (tertiary/aromatic N) is 1. The van der Waals surface area contributed by atoms with Crippen molar-refractivity contribution in [2.45, 2.75) is 311 Å². The standard InChI is InChI=1S/C22H33NO2.2C22H34O.C21H32O.C20H30O2/c1-16(2)20-9-4-17(3)14-21(20)22(24)15-18-5-7-19(8-6-18)23-10-12-25-13-11-23;1-15(2)19-12-7-16(3)13-20(19)21(23)14-17-8-10-18(11-9-17)22(4,5)6;1-6-17(5)19-10-8-18(9-11-19)14-22(23)21-13-16(4)7-12-20(21)15(2)3;1-5-6-17-8-10-18(11-9-17)14-21(22)20-13-16(4)7-12-19(20)15(2)3;1-13(2)18-9-6-14(3)10-19(18)20(21)12-16-7-8-17(22-5)11-15(16)4/h5-8,16-17,20-21H,4,9-15H2,1-3H3;8-11,15-16,19-20H,7,12-14H2,1-6H3;8-11,15-17,20-21H,6-7,12-14H2,1-5H3;8-11,15-16,19-20H,5-7,12-14H2,1-4H3;7-8,11,13-14,18-19H,6,9-10,12H2,1-5H3/t17-,20+,21-;16-,19+,20-;16-,17?,20+,21-;16-,19+,20-;14-,18+,19-/m11111/s1. The van der Waals surface area contributed by atoms with E-state index in [1.54, 1.807) is 7.11 Å². The van der Waals surface area contributed by atoms with Crippen LogP contribution in [-0.4, -0.2) is 62.3 Å². The first-order valence-corrected chi connectivity index (χ1v) is 46.5. The summed E-state index contributed by atoms with van der Waals surface area (Å²) in [5, 5.41) is 0. The van der Waals surface area contributed by atoms with Gasteiger partial charge in [0.25, 0.3) is 0 Å². The van der Waals surface area contributed by atoms with Crippen LogP contribution in [0.5, 0.6) is 5.75 Å². The van der Waals surface area contributed by atoms with E-state index in [0.717, 1.165) is 93.7 Å². The van der Waals surface area contributed by atoms with Crippen molar-refractivity contribution < 1.29 is 33.4 Å². The monoisotopic (exact) mass is 1570 g/mol. The molecule has 11 rings (SSSR count). The smallest absolute Gasteiger partial charge is 0.140 e. The van der Waals surface area contributed by atoms with Gasteiger partial charge in [-0.25, -0.2) is 0 Å². The number of hydrogen-bond acceptors (Lipinski definition) is 8. The molecule has 8 heteroatoms. The number of carbonyl (C=O) groups is 5. The van der Waals surface area contributed by atoms with Crippen LogP contribution in [0.3, 0.4) is 0 Å². The molecule has 5 saturated carbocycles. The van der Waals surface area contributed by atoms with Crippen LogP contribution >= 0.6 is 0 Å². The molecule has 638 valence electrons. The van der Waals surface area contributed by atoms with Crippen molar-refractivity contribution in [3.63, 3.8) is 0 Å². The van der Waals surface area contributed by atoms with Crippen molar-refractivity contribution >= 4 is 34.6 Å². The van der Waals surface area contributed by atoms with Crippen LogP contribution in [0.1, 0.15) is 311 Å². The Bertz CT molecular complexity index is 3700. The van der Waals surface area contributed by atoms with Gasteiger partial charge in [-0.15, -0.1) is 0 Å². The molecule has 5 aliphatic carbocycles. The second kappa shape index (κ2) is 47.1. The lowest BCUT2D eigenvalue weighted by molar-refractivity contribution is -0.127. The van der Waals surface area contributed by atoms with Gasteiger partial charge in [0, 0.05) is 80.5 Å². The maximum Gasteiger partial charge on any atom is 0.140 e. The number of rotatable bonds is 26. The first-order chi connectivity index (χ1) is 54.6. The van der Waals surface area contributed by atoms with Gasteiger partial charge < -0.3 is 14.4 Å². The first kappa shape index (κ1) is 96.1. The maximum atomic E-state index is 13.0. The van der Waals surface area contributed by atoms with Crippen LogP contribution in [0.2, 0.25) is 0 Å². The normalized spacial score (nSPS) is 26.1. The third-order valence-corrected chi connectivity index (χ3v) is 28.5. The largest absolute Gasteiger partial charge is 0.497 e. The molecule has 0 bridgehead atoms. The lowest BCUT2D eigenvalue weighted by Crippen LogP contribution is -2.36. The molecule has 1 unspecified atom stereocenters. The molecule has 16 atom stereocenters. The summed E-state index contributed by atoms with van der Waals surface area (Å²) in [5.41, 5.74) is 12.5. The topological polar surface area (TPSA) is 107 Å². The van der Waals surface area contributed by atoms with E-state index in [4.69, 9.17) is 9.47 Å². The van der Waals surface area contributed by atoms with Crippen molar-refractivity contribution in [3.8, 4) is 5.75 Å². The van der Waals surface area contributed by atoms with Gasteiger partial charge in [-0.2, -0.15) is 0 Å². The van der Waals surface area contributed by atoms with Crippen LogP contribution in [0.15, 0.2) is 115 Å². The molecule has 8 nitrogen and oxygen atoms in total. The Labute approximate surface area is 703 Å². The first-order valence-electron chi connectivity index (χ1n) is 46.5. The Morgan fingerprint density at radius 2 is 0.713 bits per heavy atom. The van der Waals surface area contributed by atoms with Gasteiger partial charge in [0.1, 0.15) is 34.7 Å². The van der Waals surface area contributed by atoms with Crippen molar-refractivity contribution in [1.82, 2.24) is 0 Å². The van der Waals surface area contributed by atoms with Gasteiger partial charge in [-0.3, -0.25) is 24.0 Å². The molecule has 1 aliphatic heterocycles. The number of methoxy groups -OCH3 is 1. The van der Waals surface area contributed by atoms with E-state index in [9.17, 15) is 24.0 Å². The van der Waals surface area contributed by atoms with Gasteiger partial charge >= 0.3 is 0 Å². The third kappa shape index (κ3) is 30.0. The van der Waals surface area contributed by atoms with Crippen LogP contribution < -0.4 is 9.64 Å². The highest BCUT2D eigenvalue weighted by atomic mass is 16.5. The number of ether oxygens (including phenoxy) is 2. The molecule has 5 aromatic rings. The second-order valence-corrected chi connectivity index (χ2v) is 40.5. The lowest BCUT2D eigenvalue weighted by Gasteiger charge is -2.36. The summed E-state index contributed by atoms with van der Waals surface area (Å²) in [6.07, 6.45) is 24.4. The maximum absolute atomic E-state index is 13.0. The van der Waals surface area contributed by atoms with Crippen LogP contribution in [0.25, 0.3) is 0 Å². The zero-order valence-electron chi connectivity index (χ0n) is 77.0. The lowest BCUT2D eigenvalue weighted by atomic mass is 9.68. The zero-order chi connectivity index (χ0) is 84.4. The minimum absolute atomic E-state index is 0.171. The SMILES string of the molecule is CC(C)[C@@H]1CC[C@@H](C)C[C@H]1C(=O)Cc1ccc(C(C)(C)C)cc1.CC(C)[C@@H]1CC[C@@H](C)C[C@H]1C(=O)Cc1ccc(N2CCOCC2)cc1.CCC(C)c1ccc(CC(=O)[C@@H]2C[C@H](C)CC[C@H]2C(C)C)cc1.CCCc1ccc(CC(=O)[C@@H]2C[C@H](C)CC[C@H]2C(C)C)cc1.COc1ccc(CC(=O)[C@@H]2C[C@H](C)CC[C@H]2C(C)C)c(C)c1. The third-order valence-electron chi connectivity index (χ3n) is 28.5. The minimum atomic E-state index is 0.171. The highest BCUT2D eigenvalue weighted by Gasteiger charge is 2.40. The fourth-order valence-corrected chi connectivity index (χ4v) is 20.6. The minimum Gasteiger partial charge on any atom is -0.497 e. The summed E-state index contributed by atoms with van der Waals surface area (Å²) in [5.74, 6) is 14.4. The molecular formula is C107H163NO7. The molecule has 115 heavy (non-hydrogen) atoms. The number of hydrogen-bond donors (Lipinski definition) is 0. The predicted octanol–water partition coefficient (Wildman–Crippen LogP) is 26.5. The molecule has 0 spiro atoms.